The van der Waals surface area contributed by atoms with Gasteiger partial charge < -0.3 is 4.42 Å². The van der Waals surface area contributed by atoms with Gasteiger partial charge in [-0.05, 0) is 24.1 Å². The Labute approximate surface area is 117 Å². The zero-order valence-electron chi connectivity index (χ0n) is 9.40. The minimum atomic E-state index is 0.0197. The number of aromatic nitrogens is 1. The fraction of sp³-hybridized carbons (Fsp3) is 0.333. The van der Waals surface area contributed by atoms with E-state index in [0.717, 1.165) is 9.99 Å². The van der Waals surface area contributed by atoms with Crippen molar-refractivity contribution in [2.45, 2.75) is 6.42 Å². The van der Waals surface area contributed by atoms with Gasteiger partial charge in [0.05, 0.1) is 0 Å². The Hall–Kier alpha value is -1.07. The fourth-order valence-corrected chi connectivity index (χ4v) is 2.63. The molecule has 0 saturated carbocycles. The molecule has 94 valence electrons. The van der Waals surface area contributed by atoms with Crippen molar-refractivity contribution in [2.75, 3.05) is 17.3 Å². The van der Waals surface area contributed by atoms with Crippen LogP contribution in [0.3, 0.4) is 0 Å². The SMILES string of the molecule is O=C1CC(CCl)CN1c1nc2cc(Br)ccc2o1. The predicted octanol–water partition coefficient (Wildman–Crippen LogP) is 3.18. The average Bonchev–Trinajstić information content (AvgIpc) is 2.91. The minimum Gasteiger partial charge on any atom is -0.423 e. The molecule has 0 radical (unpaired) electrons. The number of rotatable bonds is 2. The maximum Gasteiger partial charge on any atom is 0.305 e. The molecule has 3 rings (SSSR count). The van der Waals surface area contributed by atoms with E-state index in [0.29, 0.717) is 30.4 Å². The Bertz CT molecular complexity index is 613. The van der Waals surface area contributed by atoms with E-state index in [1.807, 2.05) is 18.2 Å². The first-order valence-corrected chi connectivity index (χ1v) is 6.92. The Morgan fingerprint density at radius 3 is 3.11 bits per heavy atom. The van der Waals surface area contributed by atoms with Crippen molar-refractivity contribution in [3.63, 3.8) is 0 Å². The van der Waals surface area contributed by atoms with E-state index in [4.69, 9.17) is 16.0 Å². The van der Waals surface area contributed by atoms with Crippen LogP contribution >= 0.6 is 27.5 Å². The van der Waals surface area contributed by atoms with Crippen molar-refractivity contribution < 1.29 is 9.21 Å². The number of amides is 1. The van der Waals surface area contributed by atoms with Crippen LogP contribution in [0.15, 0.2) is 27.1 Å². The first kappa shape index (κ1) is 12.0. The Morgan fingerprint density at radius 2 is 2.39 bits per heavy atom. The molecule has 1 aromatic carbocycles. The van der Waals surface area contributed by atoms with Crippen LogP contribution in [0, 0.1) is 5.92 Å². The van der Waals surface area contributed by atoms with Crippen LogP contribution in [-0.4, -0.2) is 23.3 Å². The molecule has 0 bridgehead atoms. The standard InChI is InChI=1S/C12H10BrClN2O2/c13-8-1-2-10-9(4-8)15-12(18-10)16-6-7(5-14)3-11(16)17/h1-2,4,7H,3,5-6H2. The van der Waals surface area contributed by atoms with Gasteiger partial charge in [-0.3, -0.25) is 9.69 Å². The summed E-state index contributed by atoms with van der Waals surface area (Å²) >= 11 is 9.17. The van der Waals surface area contributed by atoms with Crippen LogP contribution < -0.4 is 4.90 Å². The summed E-state index contributed by atoms with van der Waals surface area (Å²) in [4.78, 5) is 17.8. The average molecular weight is 330 g/mol. The topological polar surface area (TPSA) is 46.3 Å². The third-order valence-corrected chi connectivity index (χ3v) is 3.92. The van der Waals surface area contributed by atoms with E-state index in [1.165, 1.54) is 0 Å². The molecule has 1 saturated heterocycles. The fourth-order valence-electron chi connectivity index (χ4n) is 2.07. The summed E-state index contributed by atoms with van der Waals surface area (Å²) in [6.45, 7) is 0.580. The van der Waals surface area contributed by atoms with Crippen molar-refractivity contribution in [3.8, 4) is 0 Å². The summed E-state index contributed by atoms with van der Waals surface area (Å²) in [5.41, 5.74) is 1.41. The summed E-state index contributed by atoms with van der Waals surface area (Å²) in [5.74, 6) is 0.681. The van der Waals surface area contributed by atoms with Crippen LogP contribution in [0.5, 0.6) is 0 Å². The molecule has 1 aromatic heterocycles. The molecule has 1 fully saturated rings. The lowest BCUT2D eigenvalue weighted by Crippen LogP contribution is -2.24. The minimum absolute atomic E-state index is 0.0197. The van der Waals surface area contributed by atoms with Gasteiger partial charge in [-0.2, -0.15) is 4.98 Å². The van der Waals surface area contributed by atoms with Gasteiger partial charge in [0.15, 0.2) is 5.58 Å². The lowest BCUT2D eigenvalue weighted by Gasteiger charge is -2.09. The zero-order chi connectivity index (χ0) is 12.7. The Morgan fingerprint density at radius 1 is 1.56 bits per heavy atom. The van der Waals surface area contributed by atoms with Crippen LogP contribution in [0.2, 0.25) is 0 Å². The summed E-state index contributed by atoms with van der Waals surface area (Å²) in [5, 5.41) is 0. The summed E-state index contributed by atoms with van der Waals surface area (Å²) in [6, 6.07) is 5.93. The van der Waals surface area contributed by atoms with E-state index in [-0.39, 0.29) is 11.8 Å². The predicted molar refractivity (Wildman–Crippen MR) is 72.9 cm³/mol. The molecule has 6 heteroatoms. The monoisotopic (exact) mass is 328 g/mol. The summed E-state index contributed by atoms with van der Waals surface area (Å²) in [6.07, 6.45) is 0.464. The number of fused-ring (bicyclic) bond motifs is 1. The van der Waals surface area contributed by atoms with Gasteiger partial charge in [0.1, 0.15) is 5.52 Å². The van der Waals surface area contributed by atoms with Crippen molar-refractivity contribution >= 4 is 50.6 Å². The van der Waals surface area contributed by atoms with Gasteiger partial charge in [-0.15, -0.1) is 11.6 Å². The Kier molecular flexibility index (Phi) is 3.03. The number of oxazole rings is 1. The molecule has 18 heavy (non-hydrogen) atoms. The molecule has 0 aliphatic carbocycles. The van der Waals surface area contributed by atoms with Gasteiger partial charge in [-0.25, -0.2) is 0 Å². The van der Waals surface area contributed by atoms with Gasteiger partial charge in [0.2, 0.25) is 5.91 Å². The quantitative estimate of drug-likeness (QED) is 0.795. The number of nitrogens with zero attached hydrogens (tertiary/aromatic N) is 2. The van der Waals surface area contributed by atoms with E-state index in [1.54, 1.807) is 4.90 Å². The van der Waals surface area contributed by atoms with E-state index in [2.05, 4.69) is 20.9 Å². The van der Waals surface area contributed by atoms with Gasteiger partial charge in [0.25, 0.3) is 0 Å². The van der Waals surface area contributed by atoms with Gasteiger partial charge >= 0.3 is 6.01 Å². The second-order valence-electron chi connectivity index (χ2n) is 4.34. The molecular formula is C12H10BrClN2O2. The summed E-state index contributed by atoms with van der Waals surface area (Å²) < 4.78 is 6.53. The molecular weight excluding hydrogens is 320 g/mol. The third-order valence-electron chi connectivity index (χ3n) is 2.99. The maximum atomic E-state index is 11.8. The molecule has 0 spiro atoms. The molecule has 2 heterocycles. The van der Waals surface area contributed by atoms with Crippen LogP contribution in [0.4, 0.5) is 6.01 Å². The Balaban J connectivity index is 1.97. The van der Waals surface area contributed by atoms with Crippen LogP contribution in [0.1, 0.15) is 6.42 Å². The molecule has 1 amide bonds. The number of alkyl halides is 1. The first-order chi connectivity index (χ1) is 8.67. The smallest absolute Gasteiger partial charge is 0.305 e. The maximum absolute atomic E-state index is 11.8. The highest BCUT2D eigenvalue weighted by atomic mass is 79.9. The molecule has 1 atom stereocenters. The highest BCUT2D eigenvalue weighted by Crippen LogP contribution is 2.29. The molecule has 2 aromatic rings. The second-order valence-corrected chi connectivity index (χ2v) is 5.56. The number of halogens is 2. The number of hydrogen-bond acceptors (Lipinski definition) is 3. The highest BCUT2D eigenvalue weighted by Gasteiger charge is 2.32. The van der Waals surface area contributed by atoms with E-state index in [9.17, 15) is 4.79 Å². The number of carbonyl (C=O) groups excluding carboxylic acids is 1. The molecule has 1 unspecified atom stereocenters. The second kappa shape index (κ2) is 4.55. The molecule has 0 N–H and O–H groups in total. The van der Waals surface area contributed by atoms with Crippen LogP contribution in [0.25, 0.3) is 11.1 Å². The van der Waals surface area contributed by atoms with Gasteiger partial charge in [0, 0.05) is 23.3 Å². The zero-order valence-corrected chi connectivity index (χ0v) is 11.7. The van der Waals surface area contributed by atoms with Crippen LogP contribution in [-0.2, 0) is 4.79 Å². The normalized spacial score (nSPS) is 20.0. The highest BCUT2D eigenvalue weighted by molar-refractivity contribution is 9.10. The molecule has 4 nitrogen and oxygen atoms in total. The lowest BCUT2D eigenvalue weighted by molar-refractivity contribution is -0.117. The van der Waals surface area contributed by atoms with Gasteiger partial charge in [-0.1, -0.05) is 15.9 Å². The number of hydrogen-bond donors (Lipinski definition) is 0. The molecule has 1 aliphatic heterocycles. The van der Waals surface area contributed by atoms with E-state index >= 15 is 0 Å². The van der Waals surface area contributed by atoms with Crippen molar-refractivity contribution in [2.24, 2.45) is 5.92 Å². The van der Waals surface area contributed by atoms with Crippen molar-refractivity contribution in [1.29, 1.82) is 0 Å². The van der Waals surface area contributed by atoms with Crippen molar-refractivity contribution in [1.82, 2.24) is 4.98 Å². The number of benzene rings is 1. The molecule has 1 aliphatic rings. The first-order valence-electron chi connectivity index (χ1n) is 5.60. The third kappa shape index (κ3) is 2.01. The summed E-state index contributed by atoms with van der Waals surface area (Å²) in [7, 11) is 0. The van der Waals surface area contributed by atoms with Crippen molar-refractivity contribution in [3.05, 3.63) is 22.7 Å². The number of anilines is 1. The lowest BCUT2D eigenvalue weighted by atomic mass is 10.2. The van der Waals surface area contributed by atoms with E-state index < -0.39 is 0 Å². The number of carbonyl (C=O) groups is 1. The largest absolute Gasteiger partial charge is 0.423 e.